The van der Waals surface area contributed by atoms with Crippen molar-refractivity contribution in [2.75, 3.05) is 19.7 Å². The maximum absolute atomic E-state index is 12.3. The van der Waals surface area contributed by atoms with Crippen molar-refractivity contribution in [1.29, 1.82) is 0 Å². The van der Waals surface area contributed by atoms with Gasteiger partial charge in [-0.25, -0.2) is 4.79 Å². The monoisotopic (exact) mass is 286 g/mol. The lowest BCUT2D eigenvalue weighted by atomic mass is 9.93. The summed E-state index contributed by atoms with van der Waals surface area (Å²) in [7, 11) is 0. The molecule has 0 spiro atoms. The molecule has 0 radical (unpaired) electrons. The molecule has 4 nitrogen and oxygen atoms in total. The lowest BCUT2D eigenvalue weighted by Gasteiger charge is -2.42. The van der Waals surface area contributed by atoms with Crippen LogP contribution >= 0.6 is 0 Å². The molecule has 3 aliphatic rings. The Balaban J connectivity index is 1.63. The van der Waals surface area contributed by atoms with Gasteiger partial charge in [-0.2, -0.15) is 0 Å². The van der Waals surface area contributed by atoms with E-state index in [1.54, 1.807) is 0 Å². The fourth-order valence-electron chi connectivity index (χ4n) is 4.32. The second kappa shape index (κ2) is 5.34. The minimum absolute atomic E-state index is 0.0873. The van der Waals surface area contributed by atoms with Crippen molar-refractivity contribution in [3.63, 3.8) is 0 Å². The Bertz CT molecular complexity index is 519. The SMILES string of the molecule is O=C1OC[C@H](c2ccccc2)N1[C@@H]1CCCN2CCC[C@H]12. The van der Waals surface area contributed by atoms with Gasteiger partial charge in [-0.3, -0.25) is 9.80 Å². The van der Waals surface area contributed by atoms with Crippen LogP contribution in [-0.2, 0) is 4.74 Å². The third-order valence-electron chi connectivity index (χ3n) is 5.26. The Morgan fingerprint density at radius 1 is 1.00 bits per heavy atom. The van der Waals surface area contributed by atoms with E-state index in [1.165, 1.54) is 37.9 Å². The predicted molar refractivity (Wildman–Crippen MR) is 80.0 cm³/mol. The van der Waals surface area contributed by atoms with Crippen LogP contribution in [0.5, 0.6) is 0 Å². The number of hydrogen-bond acceptors (Lipinski definition) is 3. The van der Waals surface area contributed by atoms with Gasteiger partial charge >= 0.3 is 6.09 Å². The van der Waals surface area contributed by atoms with Gasteiger partial charge in [-0.15, -0.1) is 0 Å². The average molecular weight is 286 g/mol. The summed E-state index contributed by atoms with van der Waals surface area (Å²) in [6, 6.07) is 11.3. The highest BCUT2D eigenvalue weighted by Crippen LogP contribution is 2.37. The summed E-state index contributed by atoms with van der Waals surface area (Å²) >= 11 is 0. The highest BCUT2D eigenvalue weighted by atomic mass is 16.6. The third kappa shape index (κ3) is 2.22. The summed E-state index contributed by atoms with van der Waals surface area (Å²) in [4.78, 5) is 16.9. The Hall–Kier alpha value is -1.55. The molecular formula is C17H22N2O2. The van der Waals surface area contributed by atoms with Crippen LogP contribution in [0.15, 0.2) is 30.3 Å². The topological polar surface area (TPSA) is 32.8 Å². The van der Waals surface area contributed by atoms with Gasteiger partial charge in [-0.1, -0.05) is 30.3 Å². The third-order valence-corrected chi connectivity index (χ3v) is 5.26. The number of nitrogens with zero attached hydrogens (tertiary/aromatic N) is 2. The number of cyclic esters (lactones) is 1. The summed E-state index contributed by atoms with van der Waals surface area (Å²) in [6.07, 6.45) is 4.66. The van der Waals surface area contributed by atoms with Crippen molar-refractivity contribution in [2.45, 2.75) is 43.8 Å². The quantitative estimate of drug-likeness (QED) is 0.838. The van der Waals surface area contributed by atoms with Crippen LogP contribution < -0.4 is 0 Å². The molecule has 112 valence electrons. The Labute approximate surface area is 125 Å². The number of hydrogen-bond donors (Lipinski definition) is 0. The van der Waals surface area contributed by atoms with E-state index in [4.69, 9.17) is 4.74 Å². The molecule has 0 aliphatic carbocycles. The number of piperidine rings is 1. The van der Waals surface area contributed by atoms with Crippen LogP contribution in [-0.4, -0.2) is 47.7 Å². The number of rotatable bonds is 2. The fourth-order valence-corrected chi connectivity index (χ4v) is 4.32. The summed E-state index contributed by atoms with van der Waals surface area (Å²) in [5.74, 6) is 0. The van der Waals surface area contributed by atoms with E-state index < -0.39 is 0 Å². The minimum atomic E-state index is -0.123. The first-order chi connectivity index (χ1) is 10.3. The van der Waals surface area contributed by atoms with Gasteiger partial charge in [0.2, 0.25) is 0 Å². The molecule has 3 heterocycles. The zero-order chi connectivity index (χ0) is 14.2. The van der Waals surface area contributed by atoms with Crippen LogP contribution in [0.2, 0.25) is 0 Å². The molecule has 0 saturated carbocycles. The van der Waals surface area contributed by atoms with Crippen LogP contribution in [0.3, 0.4) is 0 Å². The van der Waals surface area contributed by atoms with Crippen LogP contribution in [0.4, 0.5) is 4.79 Å². The molecule has 21 heavy (non-hydrogen) atoms. The minimum Gasteiger partial charge on any atom is -0.447 e. The predicted octanol–water partition coefficient (Wildman–Crippen LogP) is 2.81. The number of amides is 1. The molecule has 0 bridgehead atoms. The van der Waals surface area contributed by atoms with Gasteiger partial charge in [0.15, 0.2) is 0 Å². The van der Waals surface area contributed by atoms with Crippen molar-refractivity contribution in [2.24, 2.45) is 0 Å². The first-order valence-electron chi connectivity index (χ1n) is 8.09. The van der Waals surface area contributed by atoms with Crippen LogP contribution in [0, 0.1) is 0 Å². The molecule has 0 N–H and O–H groups in total. The fraction of sp³-hybridized carbons (Fsp3) is 0.588. The van der Waals surface area contributed by atoms with Gasteiger partial charge in [0.1, 0.15) is 6.61 Å². The average Bonchev–Trinajstić information content (AvgIpc) is 3.14. The van der Waals surface area contributed by atoms with E-state index in [-0.39, 0.29) is 12.1 Å². The first kappa shape index (κ1) is 13.1. The van der Waals surface area contributed by atoms with Crippen LogP contribution in [0.25, 0.3) is 0 Å². The smallest absolute Gasteiger partial charge is 0.410 e. The molecule has 0 unspecified atom stereocenters. The van der Waals surface area contributed by atoms with Crippen LogP contribution in [0.1, 0.15) is 37.3 Å². The normalized spacial score (nSPS) is 33.0. The van der Waals surface area contributed by atoms with Crippen molar-refractivity contribution in [3.8, 4) is 0 Å². The Kier molecular flexibility index (Phi) is 3.34. The summed E-state index contributed by atoms with van der Waals surface area (Å²) in [6.45, 7) is 2.88. The Morgan fingerprint density at radius 3 is 2.48 bits per heavy atom. The standard InChI is InChI=1S/C17H22N2O2/c20-17-19(15-9-5-11-18-10-4-8-14(15)18)16(12-21-17)13-6-2-1-3-7-13/h1-3,6-7,14-16H,4-5,8-12H2/t14-,15-,16-/m1/s1. The van der Waals surface area contributed by atoms with Gasteiger partial charge in [0.25, 0.3) is 0 Å². The highest BCUT2D eigenvalue weighted by Gasteiger charge is 2.45. The molecule has 3 atom stereocenters. The lowest BCUT2D eigenvalue weighted by molar-refractivity contribution is 0.0704. The molecule has 3 aliphatic heterocycles. The highest BCUT2D eigenvalue weighted by molar-refractivity contribution is 5.71. The van der Waals surface area contributed by atoms with Gasteiger partial charge in [-0.05, 0) is 44.3 Å². The lowest BCUT2D eigenvalue weighted by Crippen LogP contribution is -2.53. The molecule has 3 fully saturated rings. The second-order valence-corrected chi connectivity index (χ2v) is 6.37. The van der Waals surface area contributed by atoms with E-state index in [0.29, 0.717) is 18.7 Å². The van der Waals surface area contributed by atoms with Crippen molar-refractivity contribution in [1.82, 2.24) is 9.80 Å². The molecule has 0 aromatic heterocycles. The zero-order valence-electron chi connectivity index (χ0n) is 12.3. The molecule has 1 aromatic rings. The van der Waals surface area contributed by atoms with E-state index in [1.807, 2.05) is 23.1 Å². The Morgan fingerprint density at radius 2 is 1.71 bits per heavy atom. The largest absolute Gasteiger partial charge is 0.447 e. The molecule has 4 heteroatoms. The van der Waals surface area contributed by atoms with E-state index in [0.717, 1.165) is 6.42 Å². The number of carbonyl (C=O) groups excluding carboxylic acids is 1. The number of ether oxygens (including phenoxy) is 1. The second-order valence-electron chi connectivity index (χ2n) is 6.37. The summed E-state index contributed by atoms with van der Waals surface area (Å²) < 4.78 is 5.40. The number of carbonyl (C=O) groups is 1. The summed E-state index contributed by atoms with van der Waals surface area (Å²) in [5.41, 5.74) is 1.19. The van der Waals surface area contributed by atoms with E-state index in [9.17, 15) is 4.79 Å². The number of fused-ring (bicyclic) bond motifs is 1. The molecule has 4 rings (SSSR count). The zero-order valence-corrected chi connectivity index (χ0v) is 12.3. The van der Waals surface area contributed by atoms with Gasteiger partial charge in [0, 0.05) is 6.04 Å². The van der Waals surface area contributed by atoms with Crippen molar-refractivity contribution < 1.29 is 9.53 Å². The maximum Gasteiger partial charge on any atom is 0.410 e. The molecule has 3 saturated heterocycles. The van der Waals surface area contributed by atoms with Gasteiger partial charge in [0.05, 0.1) is 12.1 Å². The molecule has 1 amide bonds. The van der Waals surface area contributed by atoms with Crippen molar-refractivity contribution in [3.05, 3.63) is 35.9 Å². The first-order valence-corrected chi connectivity index (χ1v) is 8.09. The number of benzene rings is 1. The summed E-state index contributed by atoms with van der Waals surface area (Å²) in [5, 5.41) is 0. The maximum atomic E-state index is 12.3. The van der Waals surface area contributed by atoms with Gasteiger partial charge < -0.3 is 4.74 Å². The molecular weight excluding hydrogens is 264 g/mol. The molecule has 1 aromatic carbocycles. The van der Waals surface area contributed by atoms with E-state index in [2.05, 4.69) is 17.0 Å². The van der Waals surface area contributed by atoms with E-state index >= 15 is 0 Å². The van der Waals surface area contributed by atoms with Crippen molar-refractivity contribution >= 4 is 6.09 Å².